The Labute approximate surface area is 161 Å². The van der Waals surface area contributed by atoms with E-state index in [4.69, 9.17) is 14.2 Å². The second-order valence-corrected chi connectivity index (χ2v) is 5.98. The first-order chi connectivity index (χ1) is 13.2. The third-order valence-electron chi connectivity index (χ3n) is 3.95. The van der Waals surface area contributed by atoms with Crippen LogP contribution in [0.3, 0.4) is 0 Å². The molecule has 0 aromatic heterocycles. The molecule has 0 bridgehead atoms. The van der Waals surface area contributed by atoms with Gasteiger partial charge in [0.25, 0.3) is 0 Å². The summed E-state index contributed by atoms with van der Waals surface area (Å²) in [5.74, 6) is 2.06. The van der Waals surface area contributed by atoms with Crippen molar-refractivity contribution in [2.45, 2.75) is 19.8 Å². The zero-order valence-corrected chi connectivity index (χ0v) is 16.2. The van der Waals surface area contributed by atoms with E-state index in [-0.39, 0.29) is 5.91 Å². The Kier molecular flexibility index (Phi) is 8.23. The van der Waals surface area contributed by atoms with Crippen molar-refractivity contribution in [3.05, 3.63) is 59.7 Å². The van der Waals surface area contributed by atoms with Gasteiger partial charge in [-0.25, -0.2) is 0 Å². The number of methoxy groups -OCH3 is 2. The SMILES string of the molecule is CCCOc1ccc(/C=C/C(=O)NCCc2ccc(OC)cc2)cc1OC. The summed E-state index contributed by atoms with van der Waals surface area (Å²) in [4.78, 5) is 12.0. The highest BCUT2D eigenvalue weighted by atomic mass is 16.5. The van der Waals surface area contributed by atoms with Crippen molar-refractivity contribution in [1.82, 2.24) is 5.32 Å². The Hall–Kier alpha value is -2.95. The van der Waals surface area contributed by atoms with Crippen molar-refractivity contribution < 1.29 is 19.0 Å². The van der Waals surface area contributed by atoms with Crippen LogP contribution in [-0.2, 0) is 11.2 Å². The maximum atomic E-state index is 12.0. The predicted octanol–water partition coefficient (Wildman–Crippen LogP) is 3.86. The smallest absolute Gasteiger partial charge is 0.244 e. The van der Waals surface area contributed by atoms with Crippen LogP contribution < -0.4 is 19.5 Å². The highest BCUT2D eigenvalue weighted by Gasteiger charge is 2.04. The molecule has 0 aliphatic rings. The molecule has 2 rings (SSSR count). The molecule has 0 heterocycles. The first-order valence-corrected chi connectivity index (χ1v) is 9.06. The fraction of sp³-hybridized carbons (Fsp3) is 0.318. The van der Waals surface area contributed by atoms with E-state index in [9.17, 15) is 4.79 Å². The lowest BCUT2D eigenvalue weighted by Gasteiger charge is -2.10. The fourth-order valence-corrected chi connectivity index (χ4v) is 2.47. The van der Waals surface area contributed by atoms with E-state index in [2.05, 4.69) is 12.2 Å². The number of rotatable bonds is 10. The second kappa shape index (κ2) is 10.9. The van der Waals surface area contributed by atoms with Crippen molar-refractivity contribution in [3.8, 4) is 17.2 Å². The molecule has 0 aliphatic carbocycles. The summed E-state index contributed by atoms with van der Waals surface area (Å²) in [6.45, 7) is 3.27. The summed E-state index contributed by atoms with van der Waals surface area (Å²) in [5.41, 5.74) is 2.02. The average Bonchev–Trinajstić information content (AvgIpc) is 2.71. The third kappa shape index (κ3) is 6.70. The molecular formula is C22H27NO4. The van der Waals surface area contributed by atoms with Crippen molar-refractivity contribution in [2.75, 3.05) is 27.4 Å². The molecule has 0 fully saturated rings. The minimum absolute atomic E-state index is 0.131. The first kappa shape index (κ1) is 20.4. The molecule has 0 saturated carbocycles. The molecule has 5 nitrogen and oxygen atoms in total. The van der Waals surface area contributed by atoms with Gasteiger partial charge in [-0.3, -0.25) is 4.79 Å². The van der Waals surface area contributed by atoms with E-state index in [0.29, 0.717) is 24.7 Å². The fourth-order valence-electron chi connectivity index (χ4n) is 2.47. The quantitative estimate of drug-likeness (QED) is 0.646. The minimum atomic E-state index is -0.131. The van der Waals surface area contributed by atoms with Crippen LogP contribution in [-0.4, -0.2) is 33.3 Å². The van der Waals surface area contributed by atoms with E-state index in [1.54, 1.807) is 20.3 Å². The van der Waals surface area contributed by atoms with E-state index < -0.39 is 0 Å². The van der Waals surface area contributed by atoms with Gasteiger partial charge in [-0.2, -0.15) is 0 Å². The second-order valence-electron chi connectivity index (χ2n) is 5.98. The Morgan fingerprint density at radius 1 is 1.04 bits per heavy atom. The molecule has 144 valence electrons. The van der Waals surface area contributed by atoms with Crippen molar-refractivity contribution >= 4 is 12.0 Å². The van der Waals surface area contributed by atoms with Crippen molar-refractivity contribution in [3.63, 3.8) is 0 Å². The lowest BCUT2D eigenvalue weighted by molar-refractivity contribution is -0.116. The van der Waals surface area contributed by atoms with Crippen LogP contribution in [0, 0.1) is 0 Å². The lowest BCUT2D eigenvalue weighted by Crippen LogP contribution is -2.23. The number of ether oxygens (including phenoxy) is 3. The van der Waals surface area contributed by atoms with Gasteiger partial charge in [-0.1, -0.05) is 25.1 Å². The molecule has 0 aliphatic heterocycles. The van der Waals surface area contributed by atoms with Crippen LogP contribution in [0.25, 0.3) is 6.08 Å². The number of nitrogens with one attached hydrogen (secondary N) is 1. The normalized spacial score (nSPS) is 10.6. The van der Waals surface area contributed by atoms with Gasteiger partial charge < -0.3 is 19.5 Å². The number of benzene rings is 2. The highest BCUT2D eigenvalue weighted by Crippen LogP contribution is 2.28. The van der Waals surface area contributed by atoms with Gasteiger partial charge in [-0.15, -0.1) is 0 Å². The molecule has 2 aromatic carbocycles. The highest BCUT2D eigenvalue weighted by molar-refractivity contribution is 5.91. The van der Waals surface area contributed by atoms with E-state index in [0.717, 1.165) is 29.7 Å². The summed E-state index contributed by atoms with van der Waals surface area (Å²) in [6.07, 6.45) is 4.98. The van der Waals surface area contributed by atoms with Gasteiger partial charge >= 0.3 is 0 Å². The molecular weight excluding hydrogens is 342 g/mol. The molecule has 1 amide bonds. The van der Waals surface area contributed by atoms with Gasteiger partial charge in [0.15, 0.2) is 11.5 Å². The number of hydrogen-bond donors (Lipinski definition) is 1. The molecule has 2 aromatic rings. The topological polar surface area (TPSA) is 56.8 Å². The number of carbonyl (C=O) groups is 1. The molecule has 0 saturated heterocycles. The molecule has 5 heteroatoms. The van der Waals surface area contributed by atoms with Gasteiger partial charge in [0.05, 0.1) is 20.8 Å². The van der Waals surface area contributed by atoms with E-state index in [1.807, 2.05) is 42.5 Å². The summed E-state index contributed by atoms with van der Waals surface area (Å²) >= 11 is 0. The average molecular weight is 369 g/mol. The van der Waals surface area contributed by atoms with Gasteiger partial charge in [0.2, 0.25) is 5.91 Å². The maximum Gasteiger partial charge on any atom is 0.244 e. The van der Waals surface area contributed by atoms with E-state index in [1.165, 1.54) is 6.08 Å². The zero-order chi connectivity index (χ0) is 19.5. The van der Waals surface area contributed by atoms with Gasteiger partial charge in [-0.05, 0) is 54.3 Å². The van der Waals surface area contributed by atoms with Gasteiger partial charge in [0.1, 0.15) is 5.75 Å². The van der Waals surface area contributed by atoms with Crippen LogP contribution in [0.1, 0.15) is 24.5 Å². The Morgan fingerprint density at radius 2 is 1.81 bits per heavy atom. The van der Waals surface area contributed by atoms with Gasteiger partial charge in [0, 0.05) is 12.6 Å². The first-order valence-electron chi connectivity index (χ1n) is 9.06. The molecule has 1 N–H and O–H groups in total. The number of carbonyl (C=O) groups excluding carboxylic acids is 1. The molecule has 0 atom stereocenters. The van der Waals surface area contributed by atoms with Crippen molar-refractivity contribution in [2.24, 2.45) is 0 Å². The summed E-state index contributed by atoms with van der Waals surface area (Å²) in [6, 6.07) is 13.4. The molecule has 27 heavy (non-hydrogen) atoms. The molecule has 0 spiro atoms. The van der Waals surface area contributed by atoms with Crippen LogP contribution in [0.5, 0.6) is 17.2 Å². The monoisotopic (exact) mass is 369 g/mol. The van der Waals surface area contributed by atoms with Crippen LogP contribution in [0.2, 0.25) is 0 Å². The third-order valence-corrected chi connectivity index (χ3v) is 3.95. The van der Waals surface area contributed by atoms with Crippen LogP contribution in [0.4, 0.5) is 0 Å². The summed E-state index contributed by atoms with van der Waals surface area (Å²) in [5, 5.41) is 2.88. The number of amides is 1. The zero-order valence-electron chi connectivity index (χ0n) is 16.2. The molecule has 0 radical (unpaired) electrons. The van der Waals surface area contributed by atoms with E-state index >= 15 is 0 Å². The maximum absolute atomic E-state index is 12.0. The summed E-state index contributed by atoms with van der Waals surface area (Å²) < 4.78 is 16.1. The minimum Gasteiger partial charge on any atom is -0.497 e. The Morgan fingerprint density at radius 3 is 2.48 bits per heavy atom. The lowest BCUT2D eigenvalue weighted by atomic mass is 10.1. The number of hydrogen-bond acceptors (Lipinski definition) is 4. The molecule has 0 unspecified atom stereocenters. The van der Waals surface area contributed by atoms with Crippen molar-refractivity contribution in [1.29, 1.82) is 0 Å². The standard InChI is InChI=1S/C22H27NO4/c1-4-15-27-20-11-7-18(16-21(20)26-3)8-12-22(24)23-14-13-17-5-9-19(25-2)10-6-17/h5-12,16H,4,13-15H2,1-3H3,(H,23,24)/b12-8+. The van der Waals surface area contributed by atoms with Crippen LogP contribution in [0.15, 0.2) is 48.5 Å². The predicted molar refractivity (Wildman–Crippen MR) is 108 cm³/mol. The largest absolute Gasteiger partial charge is 0.497 e. The summed E-state index contributed by atoms with van der Waals surface area (Å²) in [7, 11) is 3.25. The Balaban J connectivity index is 1.84. The Bertz CT molecular complexity index is 753. The van der Waals surface area contributed by atoms with Crippen LogP contribution >= 0.6 is 0 Å².